The van der Waals surface area contributed by atoms with E-state index in [-0.39, 0.29) is 6.04 Å². The van der Waals surface area contributed by atoms with Gasteiger partial charge in [-0.15, -0.1) is 0 Å². The van der Waals surface area contributed by atoms with E-state index < -0.39 is 11.6 Å². The lowest BCUT2D eigenvalue weighted by Gasteiger charge is -2.24. The maximum atomic E-state index is 13.2. The Hall–Kier alpha value is -1.00. The maximum Gasteiger partial charge on any atom is 0.126 e. The molecule has 4 heteroatoms. The molecule has 1 aromatic rings. The Morgan fingerprint density at radius 3 is 2.35 bits per heavy atom. The SMILES string of the molecule is NNC(CCC1CCCCC1)Cc1cc(F)cc(F)c1. The summed E-state index contributed by atoms with van der Waals surface area (Å²) in [5.74, 6) is 5.32. The normalized spacial score (nSPS) is 18.1. The van der Waals surface area contributed by atoms with E-state index in [0.29, 0.717) is 12.0 Å². The minimum Gasteiger partial charge on any atom is -0.271 e. The second-order valence-electron chi connectivity index (χ2n) is 5.93. The Labute approximate surface area is 119 Å². The summed E-state index contributed by atoms with van der Waals surface area (Å²) in [7, 11) is 0. The van der Waals surface area contributed by atoms with E-state index in [1.807, 2.05) is 0 Å². The van der Waals surface area contributed by atoms with Crippen molar-refractivity contribution in [3.8, 4) is 0 Å². The Balaban J connectivity index is 1.84. The molecule has 0 amide bonds. The molecule has 2 rings (SSSR count). The van der Waals surface area contributed by atoms with Crippen LogP contribution in [0, 0.1) is 17.6 Å². The van der Waals surface area contributed by atoms with E-state index >= 15 is 0 Å². The number of benzene rings is 1. The van der Waals surface area contributed by atoms with Gasteiger partial charge in [-0.05, 0) is 42.9 Å². The Bertz CT molecular complexity index is 397. The molecule has 0 radical (unpaired) electrons. The molecule has 0 heterocycles. The van der Waals surface area contributed by atoms with Crippen LogP contribution in [0.5, 0.6) is 0 Å². The molecule has 112 valence electrons. The van der Waals surface area contributed by atoms with Crippen molar-refractivity contribution in [2.45, 2.75) is 57.4 Å². The molecular formula is C16H24F2N2. The second kappa shape index (κ2) is 7.70. The number of nitrogens with two attached hydrogens (primary N) is 1. The summed E-state index contributed by atoms with van der Waals surface area (Å²) >= 11 is 0. The third-order valence-corrected chi connectivity index (χ3v) is 4.29. The molecule has 0 aromatic heterocycles. The van der Waals surface area contributed by atoms with Crippen LogP contribution in [0.3, 0.4) is 0 Å². The highest BCUT2D eigenvalue weighted by molar-refractivity contribution is 5.18. The van der Waals surface area contributed by atoms with Gasteiger partial charge in [0.05, 0.1) is 0 Å². The van der Waals surface area contributed by atoms with Crippen molar-refractivity contribution in [1.82, 2.24) is 5.43 Å². The van der Waals surface area contributed by atoms with Gasteiger partial charge in [-0.3, -0.25) is 11.3 Å². The van der Waals surface area contributed by atoms with Crippen LogP contribution < -0.4 is 11.3 Å². The van der Waals surface area contributed by atoms with Crippen LogP contribution in [-0.2, 0) is 6.42 Å². The first-order valence-corrected chi connectivity index (χ1v) is 7.58. The summed E-state index contributed by atoms with van der Waals surface area (Å²) in [6.07, 6.45) is 9.32. The van der Waals surface area contributed by atoms with Crippen LogP contribution in [0.25, 0.3) is 0 Å². The number of hydrogen-bond acceptors (Lipinski definition) is 2. The lowest BCUT2D eigenvalue weighted by atomic mass is 9.84. The number of hydrazine groups is 1. The lowest BCUT2D eigenvalue weighted by molar-refractivity contribution is 0.313. The van der Waals surface area contributed by atoms with Gasteiger partial charge in [-0.1, -0.05) is 32.1 Å². The van der Waals surface area contributed by atoms with Crippen LogP contribution in [0.4, 0.5) is 8.78 Å². The van der Waals surface area contributed by atoms with Crippen molar-refractivity contribution in [2.24, 2.45) is 11.8 Å². The fourth-order valence-electron chi connectivity index (χ4n) is 3.17. The van der Waals surface area contributed by atoms with Crippen molar-refractivity contribution in [2.75, 3.05) is 0 Å². The van der Waals surface area contributed by atoms with Gasteiger partial charge in [0.2, 0.25) is 0 Å². The zero-order valence-electron chi connectivity index (χ0n) is 11.9. The first-order chi connectivity index (χ1) is 9.67. The summed E-state index contributed by atoms with van der Waals surface area (Å²) < 4.78 is 26.3. The van der Waals surface area contributed by atoms with Crippen LogP contribution in [0.1, 0.15) is 50.5 Å². The van der Waals surface area contributed by atoms with Gasteiger partial charge in [0, 0.05) is 12.1 Å². The summed E-state index contributed by atoms with van der Waals surface area (Å²) in [4.78, 5) is 0. The second-order valence-corrected chi connectivity index (χ2v) is 5.93. The third-order valence-electron chi connectivity index (χ3n) is 4.29. The molecule has 1 atom stereocenters. The molecule has 1 unspecified atom stereocenters. The highest BCUT2D eigenvalue weighted by Crippen LogP contribution is 2.28. The lowest BCUT2D eigenvalue weighted by Crippen LogP contribution is -2.37. The number of rotatable bonds is 6. The molecule has 1 fully saturated rings. The van der Waals surface area contributed by atoms with Crippen molar-refractivity contribution >= 4 is 0 Å². The first kappa shape index (κ1) is 15.4. The predicted molar refractivity (Wildman–Crippen MR) is 77.0 cm³/mol. The minimum atomic E-state index is -0.525. The maximum absolute atomic E-state index is 13.2. The molecule has 2 nitrogen and oxygen atoms in total. The molecule has 20 heavy (non-hydrogen) atoms. The average molecular weight is 282 g/mol. The molecule has 0 bridgehead atoms. The highest BCUT2D eigenvalue weighted by Gasteiger charge is 2.16. The van der Waals surface area contributed by atoms with Crippen LogP contribution in [-0.4, -0.2) is 6.04 Å². The van der Waals surface area contributed by atoms with E-state index in [0.717, 1.165) is 24.8 Å². The fourth-order valence-corrected chi connectivity index (χ4v) is 3.17. The molecule has 3 N–H and O–H groups in total. The van der Waals surface area contributed by atoms with Crippen molar-refractivity contribution in [3.05, 3.63) is 35.4 Å². The zero-order valence-corrected chi connectivity index (χ0v) is 11.9. The molecular weight excluding hydrogens is 258 g/mol. The summed E-state index contributed by atoms with van der Waals surface area (Å²) in [5.41, 5.74) is 3.45. The smallest absolute Gasteiger partial charge is 0.126 e. The van der Waals surface area contributed by atoms with Gasteiger partial charge in [-0.25, -0.2) is 8.78 Å². The monoisotopic (exact) mass is 282 g/mol. The van der Waals surface area contributed by atoms with Crippen molar-refractivity contribution < 1.29 is 8.78 Å². The third kappa shape index (κ3) is 4.84. The Morgan fingerprint density at radius 1 is 1.10 bits per heavy atom. The van der Waals surface area contributed by atoms with E-state index in [9.17, 15) is 8.78 Å². The topological polar surface area (TPSA) is 38.0 Å². The molecule has 0 aliphatic heterocycles. The highest BCUT2D eigenvalue weighted by atomic mass is 19.1. The van der Waals surface area contributed by atoms with Gasteiger partial charge in [0.25, 0.3) is 0 Å². The average Bonchev–Trinajstić information content (AvgIpc) is 2.43. The number of nitrogens with one attached hydrogen (secondary N) is 1. The van der Waals surface area contributed by atoms with Gasteiger partial charge in [-0.2, -0.15) is 0 Å². The van der Waals surface area contributed by atoms with Gasteiger partial charge in [0.15, 0.2) is 0 Å². The fraction of sp³-hybridized carbons (Fsp3) is 0.625. The van der Waals surface area contributed by atoms with Crippen molar-refractivity contribution in [3.63, 3.8) is 0 Å². The van der Waals surface area contributed by atoms with Crippen LogP contribution in [0.2, 0.25) is 0 Å². The zero-order chi connectivity index (χ0) is 14.4. The number of hydrogen-bond donors (Lipinski definition) is 2. The predicted octanol–water partition coefficient (Wildman–Crippen LogP) is 3.70. The summed E-state index contributed by atoms with van der Waals surface area (Å²) in [5, 5.41) is 0. The molecule has 1 saturated carbocycles. The van der Waals surface area contributed by atoms with E-state index in [2.05, 4.69) is 5.43 Å². The molecule has 1 aliphatic rings. The Morgan fingerprint density at radius 2 is 1.75 bits per heavy atom. The standard InChI is InChI=1S/C16H24F2N2/c17-14-8-13(9-15(18)11-14)10-16(20-19)7-6-12-4-2-1-3-5-12/h8-9,11-12,16,20H,1-7,10,19H2. The van der Waals surface area contributed by atoms with Crippen LogP contribution >= 0.6 is 0 Å². The molecule has 0 spiro atoms. The number of halogens is 2. The van der Waals surface area contributed by atoms with Crippen LogP contribution in [0.15, 0.2) is 18.2 Å². The van der Waals surface area contributed by atoms with Gasteiger partial charge in [0.1, 0.15) is 11.6 Å². The largest absolute Gasteiger partial charge is 0.271 e. The quantitative estimate of drug-likeness (QED) is 0.617. The van der Waals surface area contributed by atoms with Gasteiger partial charge < -0.3 is 0 Å². The molecule has 1 aliphatic carbocycles. The first-order valence-electron chi connectivity index (χ1n) is 7.58. The molecule has 1 aromatic carbocycles. The minimum absolute atomic E-state index is 0.0816. The Kier molecular flexibility index (Phi) is 5.92. The van der Waals surface area contributed by atoms with E-state index in [1.54, 1.807) is 0 Å². The van der Waals surface area contributed by atoms with E-state index in [4.69, 9.17) is 5.84 Å². The van der Waals surface area contributed by atoms with Gasteiger partial charge >= 0.3 is 0 Å². The summed E-state index contributed by atoms with van der Waals surface area (Å²) in [6.45, 7) is 0. The van der Waals surface area contributed by atoms with E-state index in [1.165, 1.54) is 44.2 Å². The summed E-state index contributed by atoms with van der Waals surface area (Å²) in [6, 6.07) is 3.75. The molecule has 0 saturated heterocycles. The van der Waals surface area contributed by atoms with Crippen molar-refractivity contribution in [1.29, 1.82) is 0 Å².